The Morgan fingerprint density at radius 3 is 2.48 bits per heavy atom. The fraction of sp³-hybridized carbons (Fsp3) is 0.235. The van der Waals surface area contributed by atoms with Gasteiger partial charge in [0.1, 0.15) is 11.4 Å². The summed E-state index contributed by atoms with van der Waals surface area (Å²) in [6.07, 6.45) is 0.534. The second kappa shape index (κ2) is 6.28. The Labute approximate surface area is 132 Å². The predicted octanol–water partition coefficient (Wildman–Crippen LogP) is 4.83. The molecule has 4 heteroatoms. The highest BCUT2D eigenvalue weighted by atomic mass is 79.9. The summed E-state index contributed by atoms with van der Waals surface area (Å²) in [5, 5.41) is 12.6. The number of aryl methyl sites for hydroxylation is 1. The zero-order chi connectivity index (χ0) is 15.5. The molecule has 2 aromatic rings. The molecule has 1 atom stereocenters. The molecule has 0 saturated heterocycles. The van der Waals surface area contributed by atoms with E-state index < -0.39 is 5.54 Å². The van der Waals surface area contributed by atoms with E-state index in [2.05, 4.69) is 27.3 Å². The monoisotopic (exact) mass is 346 g/mol. The Morgan fingerprint density at radius 1 is 1.24 bits per heavy atom. The second-order valence-electron chi connectivity index (χ2n) is 5.39. The standard InChI is InChI=1S/C17H16BrFN2/c1-12-7-15(19)9-16(8-12)21-17(2,11-20)10-13-3-5-14(18)6-4-13/h3-9,21H,10H2,1-2H3. The summed E-state index contributed by atoms with van der Waals surface area (Å²) in [5.74, 6) is -0.304. The fourth-order valence-corrected chi connectivity index (χ4v) is 2.51. The first-order valence-electron chi connectivity index (χ1n) is 6.61. The molecular weight excluding hydrogens is 331 g/mol. The molecule has 21 heavy (non-hydrogen) atoms. The smallest absolute Gasteiger partial charge is 0.126 e. The molecule has 108 valence electrons. The van der Waals surface area contributed by atoms with E-state index in [4.69, 9.17) is 0 Å². The molecule has 2 aromatic carbocycles. The summed E-state index contributed by atoms with van der Waals surface area (Å²) in [6.45, 7) is 3.64. The van der Waals surface area contributed by atoms with Crippen molar-refractivity contribution in [1.82, 2.24) is 0 Å². The minimum Gasteiger partial charge on any atom is -0.367 e. The summed E-state index contributed by atoms with van der Waals surface area (Å²) < 4.78 is 14.4. The van der Waals surface area contributed by atoms with Crippen LogP contribution in [0.3, 0.4) is 0 Å². The van der Waals surface area contributed by atoms with Gasteiger partial charge in [-0.2, -0.15) is 5.26 Å². The molecule has 0 spiro atoms. The van der Waals surface area contributed by atoms with E-state index in [1.165, 1.54) is 12.1 Å². The third kappa shape index (κ3) is 4.30. The van der Waals surface area contributed by atoms with Crippen LogP contribution in [-0.4, -0.2) is 5.54 Å². The number of nitrogens with zero attached hydrogens (tertiary/aromatic N) is 1. The van der Waals surface area contributed by atoms with Gasteiger partial charge in [-0.3, -0.25) is 0 Å². The van der Waals surface area contributed by atoms with E-state index in [0.29, 0.717) is 12.1 Å². The molecule has 0 aliphatic rings. The SMILES string of the molecule is Cc1cc(F)cc(NC(C)(C#N)Cc2ccc(Br)cc2)c1. The summed E-state index contributed by atoms with van der Waals surface area (Å²) in [4.78, 5) is 0. The van der Waals surface area contributed by atoms with Crippen LogP contribution in [0.25, 0.3) is 0 Å². The van der Waals surface area contributed by atoms with Gasteiger partial charge in [0.2, 0.25) is 0 Å². The maximum atomic E-state index is 13.5. The van der Waals surface area contributed by atoms with E-state index in [1.807, 2.05) is 44.2 Å². The number of nitriles is 1. The van der Waals surface area contributed by atoms with Crippen LogP contribution in [0, 0.1) is 24.1 Å². The van der Waals surface area contributed by atoms with Crippen molar-refractivity contribution in [3.8, 4) is 6.07 Å². The highest BCUT2D eigenvalue weighted by molar-refractivity contribution is 9.10. The van der Waals surface area contributed by atoms with Gasteiger partial charge in [-0.25, -0.2) is 4.39 Å². The molecule has 0 aliphatic carbocycles. The van der Waals surface area contributed by atoms with E-state index in [-0.39, 0.29) is 5.82 Å². The van der Waals surface area contributed by atoms with Gasteiger partial charge in [0.15, 0.2) is 0 Å². The second-order valence-corrected chi connectivity index (χ2v) is 6.31. The Balaban J connectivity index is 2.21. The van der Waals surface area contributed by atoms with Crippen LogP contribution in [0.1, 0.15) is 18.1 Å². The van der Waals surface area contributed by atoms with Crippen LogP contribution in [0.2, 0.25) is 0 Å². The lowest BCUT2D eigenvalue weighted by molar-refractivity contribution is 0.621. The van der Waals surface area contributed by atoms with Crippen LogP contribution in [-0.2, 0) is 6.42 Å². The summed E-state index contributed by atoms with van der Waals surface area (Å²) in [5.41, 5.74) is 1.69. The fourth-order valence-electron chi connectivity index (χ4n) is 2.25. The molecule has 0 bridgehead atoms. The number of benzene rings is 2. The first kappa shape index (κ1) is 15.5. The molecule has 0 heterocycles. The molecule has 1 unspecified atom stereocenters. The Hall–Kier alpha value is -1.86. The maximum Gasteiger partial charge on any atom is 0.126 e. The third-order valence-corrected chi connectivity index (χ3v) is 3.71. The molecule has 0 radical (unpaired) electrons. The number of hydrogen-bond donors (Lipinski definition) is 1. The van der Waals surface area contributed by atoms with Crippen LogP contribution in [0.5, 0.6) is 0 Å². The van der Waals surface area contributed by atoms with E-state index in [0.717, 1.165) is 15.6 Å². The lowest BCUT2D eigenvalue weighted by Gasteiger charge is -2.25. The lowest BCUT2D eigenvalue weighted by Crippen LogP contribution is -2.35. The highest BCUT2D eigenvalue weighted by Crippen LogP contribution is 2.22. The van der Waals surface area contributed by atoms with Gasteiger partial charge in [-0.1, -0.05) is 28.1 Å². The lowest BCUT2D eigenvalue weighted by atomic mass is 9.94. The van der Waals surface area contributed by atoms with Crippen molar-refractivity contribution < 1.29 is 4.39 Å². The number of anilines is 1. The topological polar surface area (TPSA) is 35.8 Å². The molecule has 0 aromatic heterocycles. The zero-order valence-corrected chi connectivity index (χ0v) is 13.5. The van der Waals surface area contributed by atoms with Crippen molar-refractivity contribution in [2.45, 2.75) is 25.8 Å². The van der Waals surface area contributed by atoms with Crippen molar-refractivity contribution in [2.24, 2.45) is 0 Å². The van der Waals surface area contributed by atoms with Crippen molar-refractivity contribution in [3.63, 3.8) is 0 Å². The van der Waals surface area contributed by atoms with Crippen LogP contribution >= 0.6 is 15.9 Å². The van der Waals surface area contributed by atoms with Crippen molar-refractivity contribution >= 4 is 21.6 Å². The summed E-state index contributed by atoms with van der Waals surface area (Å²) in [6, 6.07) is 14.8. The minimum absolute atomic E-state index is 0.304. The predicted molar refractivity (Wildman–Crippen MR) is 86.6 cm³/mol. The molecule has 0 fully saturated rings. The quantitative estimate of drug-likeness (QED) is 0.860. The van der Waals surface area contributed by atoms with Crippen LogP contribution in [0.15, 0.2) is 46.9 Å². The summed E-state index contributed by atoms with van der Waals surface area (Å²) in [7, 11) is 0. The number of hydrogen-bond acceptors (Lipinski definition) is 2. The number of halogens is 2. The Kier molecular flexibility index (Phi) is 4.64. The Bertz CT molecular complexity index is 656. The normalized spacial score (nSPS) is 13.3. The molecule has 1 N–H and O–H groups in total. The van der Waals surface area contributed by atoms with Crippen molar-refractivity contribution in [3.05, 3.63) is 63.9 Å². The largest absolute Gasteiger partial charge is 0.367 e. The van der Waals surface area contributed by atoms with Gasteiger partial charge < -0.3 is 5.32 Å². The molecule has 2 rings (SSSR count). The molecule has 0 amide bonds. The molecule has 0 aliphatic heterocycles. The van der Waals surface area contributed by atoms with Crippen LogP contribution in [0.4, 0.5) is 10.1 Å². The maximum absolute atomic E-state index is 13.5. The Morgan fingerprint density at radius 2 is 1.90 bits per heavy atom. The van der Waals surface area contributed by atoms with E-state index >= 15 is 0 Å². The third-order valence-electron chi connectivity index (χ3n) is 3.18. The van der Waals surface area contributed by atoms with E-state index in [1.54, 1.807) is 0 Å². The minimum atomic E-state index is -0.798. The van der Waals surface area contributed by atoms with Gasteiger partial charge in [-0.15, -0.1) is 0 Å². The van der Waals surface area contributed by atoms with Gasteiger partial charge in [0, 0.05) is 16.6 Å². The average Bonchev–Trinajstić information content (AvgIpc) is 2.40. The van der Waals surface area contributed by atoms with Gasteiger partial charge in [0.05, 0.1) is 6.07 Å². The highest BCUT2D eigenvalue weighted by Gasteiger charge is 2.24. The first-order valence-corrected chi connectivity index (χ1v) is 7.41. The van der Waals surface area contributed by atoms with Gasteiger partial charge >= 0.3 is 0 Å². The molecule has 0 saturated carbocycles. The number of nitrogens with one attached hydrogen (secondary N) is 1. The molecule has 2 nitrogen and oxygen atoms in total. The zero-order valence-electron chi connectivity index (χ0n) is 12.0. The van der Waals surface area contributed by atoms with Crippen molar-refractivity contribution in [1.29, 1.82) is 5.26 Å². The van der Waals surface area contributed by atoms with E-state index in [9.17, 15) is 9.65 Å². The first-order chi connectivity index (χ1) is 9.90. The van der Waals surface area contributed by atoms with Crippen molar-refractivity contribution in [2.75, 3.05) is 5.32 Å². The van der Waals surface area contributed by atoms with Gasteiger partial charge in [-0.05, 0) is 55.3 Å². The molecular formula is C17H16BrFN2. The summed E-state index contributed by atoms with van der Waals surface area (Å²) >= 11 is 3.39. The average molecular weight is 347 g/mol. The van der Waals surface area contributed by atoms with Gasteiger partial charge in [0.25, 0.3) is 0 Å². The van der Waals surface area contributed by atoms with Crippen LogP contribution < -0.4 is 5.32 Å². The number of rotatable bonds is 4.